The third kappa shape index (κ3) is 3.26. The monoisotopic (exact) mass is 371 g/mol. The molecule has 1 amide bonds. The maximum Gasteiger partial charge on any atom is 0.229 e. The second kappa shape index (κ2) is 7.42. The molecule has 2 fully saturated rings. The van der Waals surface area contributed by atoms with Crippen molar-refractivity contribution in [2.24, 2.45) is 0 Å². The molecule has 1 aromatic rings. The van der Waals surface area contributed by atoms with E-state index >= 15 is 0 Å². The molecule has 2 aliphatic heterocycles. The molecule has 0 radical (unpaired) electrons. The Labute approximate surface area is 157 Å². The van der Waals surface area contributed by atoms with Gasteiger partial charge in [0.1, 0.15) is 5.82 Å². The number of nitriles is 1. The van der Waals surface area contributed by atoms with Crippen molar-refractivity contribution in [3.05, 3.63) is 46.2 Å². The molecular formula is C20H22FN3OS. The predicted octanol–water partition coefficient (Wildman–Crippen LogP) is 4.17. The van der Waals surface area contributed by atoms with E-state index in [-0.39, 0.29) is 24.1 Å². The van der Waals surface area contributed by atoms with Crippen LogP contribution in [0.3, 0.4) is 0 Å². The highest BCUT2D eigenvalue weighted by Gasteiger charge is 2.39. The van der Waals surface area contributed by atoms with Crippen molar-refractivity contribution >= 4 is 17.7 Å². The number of halogens is 1. The Morgan fingerprint density at radius 3 is 2.58 bits per heavy atom. The predicted molar refractivity (Wildman–Crippen MR) is 99.3 cm³/mol. The Balaban J connectivity index is 1.60. The van der Waals surface area contributed by atoms with Crippen LogP contribution in [0.25, 0.3) is 0 Å². The average molecular weight is 371 g/mol. The maximum absolute atomic E-state index is 13.2. The van der Waals surface area contributed by atoms with E-state index in [2.05, 4.69) is 11.0 Å². The van der Waals surface area contributed by atoms with Crippen LogP contribution in [-0.2, 0) is 4.79 Å². The number of thioether (sulfide) groups is 1. The van der Waals surface area contributed by atoms with Crippen LogP contribution in [0.15, 0.2) is 34.9 Å². The summed E-state index contributed by atoms with van der Waals surface area (Å²) < 4.78 is 13.2. The van der Waals surface area contributed by atoms with Gasteiger partial charge in [-0.25, -0.2) is 4.39 Å². The van der Waals surface area contributed by atoms with Crippen molar-refractivity contribution in [3.8, 4) is 6.07 Å². The van der Waals surface area contributed by atoms with Gasteiger partial charge in [-0.15, -0.1) is 0 Å². The summed E-state index contributed by atoms with van der Waals surface area (Å²) in [6, 6.07) is 9.03. The van der Waals surface area contributed by atoms with E-state index in [1.807, 2.05) is 0 Å². The van der Waals surface area contributed by atoms with Crippen molar-refractivity contribution < 1.29 is 9.18 Å². The summed E-state index contributed by atoms with van der Waals surface area (Å²) in [7, 11) is 0. The SMILES string of the molecule is N#CC1=C2SCN(C3CCCCC3)CN2C(=O)C[C@@H]1c1ccc(F)cc1. The van der Waals surface area contributed by atoms with Crippen LogP contribution in [0.1, 0.15) is 50.0 Å². The van der Waals surface area contributed by atoms with Gasteiger partial charge in [0, 0.05) is 18.4 Å². The van der Waals surface area contributed by atoms with Gasteiger partial charge < -0.3 is 0 Å². The second-order valence-electron chi connectivity index (χ2n) is 7.26. The molecule has 1 atom stereocenters. The van der Waals surface area contributed by atoms with E-state index in [0.717, 1.165) is 16.5 Å². The molecule has 2 heterocycles. The lowest BCUT2D eigenvalue weighted by molar-refractivity contribution is -0.132. The normalized spacial score (nSPS) is 25.2. The highest BCUT2D eigenvalue weighted by Crippen LogP contribution is 2.43. The molecule has 1 aromatic carbocycles. The van der Waals surface area contributed by atoms with Gasteiger partial charge in [0.15, 0.2) is 0 Å². The first-order valence-electron chi connectivity index (χ1n) is 9.24. The number of rotatable bonds is 2. The topological polar surface area (TPSA) is 47.3 Å². The fourth-order valence-corrected chi connectivity index (χ4v) is 5.47. The fourth-order valence-electron chi connectivity index (χ4n) is 4.23. The summed E-state index contributed by atoms with van der Waals surface area (Å²) in [5.41, 5.74) is 1.48. The van der Waals surface area contributed by atoms with E-state index in [0.29, 0.717) is 18.3 Å². The van der Waals surface area contributed by atoms with E-state index in [1.165, 1.54) is 44.2 Å². The zero-order chi connectivity index (χ0) is 18.1. The molecule has 0 unspecified atom stereocenters. The molecule has 0 spiro atoms. The van der Waals surface area contributed by atoms with Gasteiger partial charge in [-0.3, -0.25) is 14.6 Å². The van der Waals surface area contributed by atoms with Crippen molar-refractivity contribution in [2.45, 2.75) is 50.5 Å². The lowest BCUT2D eigenvalue weighted by atomic mass is 9.86. The molecule has 0 N–H and O–H groups in total. The Hall–Kier alpha value is -1.84. The fraction of sp³-hybridized carbons (Fsp3) is 0.500. The smallest absolute Gasteiger partial charge is 0.229 e. The van der Waals surface area contributed by atoms with Crippen molar-refractivity contribution in [2.75, 3.05) is 12.5 Å². The van der Waals surface area contributed by atoms with E-state index in [4.69, 9.17) is 0 Å². The molecule has 136 valence electrons. The standard InChI is InChI=1S/C20H22FN3OS/c21-15-8-6-14(7-9-15)17-10-19(25)24-12-23(16-4-2-1-3-5-16)13-26-20(24)18(17)11-22/h6-9,16-17H,1-5,10,12-13H2/t17-/m1/s1. The van der Waals surface area contributed by atoms with Crippen LogP contribution in [0.2, 0.25) is 0 Å². The number of nitrogens with zero attached hydrogens (tertiary/aromatic N) is 3. The molecule has 1 saturated carbocycles. The summed E-state index contributed by atoms with van der Waals surface area (Å²) in [5, 5.41) is 10.6. The minimum Gasteiger partial charge on any atom is -0.292 e. The molecule has 26 heavy (non-hydrogen) atoms. The Morgan fingerprint density at radius 2 is 1.88 bits per heavy atom. The Bertz CT molecular complexity index is 764. The van der Waals surface area contributed by atoms with Crippen LogP contribution in [0.4, 0.5) is 4.39 Å². The van der Waals surface area contributed by atoms with Gasteiger partial charge in [0.05, 0.1) is 29.2 Å². The molecule has 4 nitrogen and oxygen atoms in total. The molecular weight excluding hydrogens is 349 g/mol. The van der Waals surface area contributed by atoms with Gasteiger partial charge in [-0.1, -0.05) is 43.2 Å². The summed E-state index contributed by atoms with van der Waals surface area (Å²) in [5.74, 6) is 0.304. The molecule has 1 aliphatic carbocycles. The van der Waals surface area contributed by atoms with E-state index in [9.17, 15) is 14.4 Å². The number of amides is 1. The highest BCUT2D eigenvalue weighted by molar-refractivity contribution is 8.03. The molecule has 3 aliphatic rings. The third-order valence-electron chi connectivity index (χ3n) is 5.68. The molecule has 1 saturated heterocycles. The third-order valence-corrected chi connectivity index (χ3v) is 6.85. The summed E-state index contributed by atoms with van der Waals surface area (Å²) >= 11 is 1.60. The number of benzene rings is 1. The first kappa shape index (κ1) is 17.6. The van der Waals surface area contributed by atoms with Crippen LogP contribution in [0, 0.1) is 17.1 Å². The highest BCUT2D eigenvalue weighted by atomic mass is 32.2. The lowest BCUT2D eigenvalue weighted by Gasteiger charge is -2.44. The molecule has 6 heteroatoms. The van der Waals surface area contributed by atoms with Crippen molar-refractivity contribution in [1.29, 1.82) is 5.26 Å². The zero-order valence-electron chi connectivity index (χ0n) is 14.7. The number of carbonyl (C=O) groups is 1. The van der Waals surface area contributed by atoms with Gasteiger partial charge in [-0.2, -0.15) is 5.26 Å². The number of carbonyl (C=O) groups excluding carboxylic acids is 1. The second-order valence-corrected chi connectivity index (χ2v) is 8.19. The summed E-state index contributed by atoms with van der Waals surface area (Å²) in [4.78, 5) is 17.0. The lowest BCUT2D eigenvalue weighted by Crippen LogP contribution is -2.51. The summed E-state index contributed by atoms with van der Waals surface area (Å²) in [6.07, 6.45) is 6.51. The van der Waals surface area contributed by atoms with Crippen LogP contribution in [0.5, 0.6) is 0 Å². The minimum atomic E-state index is -0.307. The number of fused-ring (bicyclic) bond motifs is 1. The number of hydrogen-bond acceptors (Lipinski definition) is 4. The molecule has 0 aromatic heterocycles. The molecule has 4 rings (SSSR count). The first-order valence-corrected chi connectivity index (χ1v) is 10.2. The van der Waals surface area contributed by atoms with Gasteiger partial charge in [0.2, 0.25) is 5.91 Å². The maximum atomic E-state index is 13.2. The molecule has 0 bridgehead atoms. The van der Waals surface area contributed by atoms with Crippen molar-refractivity contribution in [1.82, 2.24) is 9.80 Å². The van der Waals surface area contributed by atoms with E-state index in [1.54, 1.807) is 28.8 Å². The Morgan fingerprint density at radius 1 is 1.15 bits per heavy atom. The van der Waals surface area contributed by atoms with E-state index < -0.39 is 0 Å². The summed E-state index contributed by atoms with van der Waals surface area (Å²) in [6.45, 7) is 0.590. The quantitative estimate of drug-likeness (QED) is 0.783. The number of allylic oxidation sites excluding steroid dienone is 1. The van der Waals surface area contributed by atoms with Crippen LogP contribution >= 0.6 is 11.8 Å². The van der Waals surface area contributed by atoms with Crippen LogP contribution < -0.4 is 0 Å². The average Bonchev–Trinajstić information content (AvgIpc) is 2.69. The van der Waals surface area contributed by atoms with Gasteiger partial charge >= 0.3 is 0 Å². The van der Waals surface area contributed by atoms with Gasteiger partial charge in [0.25, 0.3) is 0 Å². The zero-order valence-corrected chi connectivity index (χ0v) is 15.5. The number of hydrogen-bond donors (Lipinski definition) is 0. The minimum absolute atomic E-state index is 0.0568. The van der Waals surface area contributed by atoms with Crippen LogP contribution in [-0.4, -0.2) is 34.3 Å². The largest absolute Gasteiger partial charge is 0.292 e. The first-order chi connectivity index (χ1) is 12.7. The van der Waals surface area contributed by atoms with Crippen molar-refractivity contribution in [3.63, 3.8) is 0 Å². The van der Waals surface area contributed by atoms with Gasteiger partial charge in [-0.05, 0) is 30.5 Å². The Kier molecular flexibility index (Phi) is 5.01.